The number of para-hydroxylation sites is 1. The quantitative estimate of drug-likeness (QED) is 0.748. The Morgan fingerprint density at radius 3 is 2.62 bits per heavy atom. The first kappa shape index (κ1) is 15.3. The molecule has 3 nitrogen and oxygen atoms in total. The summed E-state index contributed by atoms with van der Waals surface area (Å²) in [6, 6.07) is 16.8. The molecule has 0 spiro atoms. The minimum Gasteiger partial charge on any atom is -0.497 e. The van der Waals surface area contributed by atoms with Crippen LogP contribution in [-0.4, -0.2) is 12.1 Å². The van der Waals surface area contributed by atoms with Gasteiger partial charge in [0.25, 0.3) is 0 Å². The summed E-state index contributed by atoms with van der Waals surface area (Å²) in [6.45, 7) is 2.24. The third-order valence-corrected chi connectivity index (χ3v) is 5.68. The van der Waals surface area contributed by atoms with Crippen molar-refractivity contribution in [3.8, 4) is 5.75 Å². The van der Waals surface area contributed by atoms with Crippen LogP contribution in [-0.2, 0) is 12.0 Å². The van der Waals surface area contributed by atoms with E-state index in [0.717, 1.165) is 25.0 Å². The van der Waals surface area contributed by atoms with Crippen LogP contribution < -0.4 is 10.5 Å². The first-order valence-corrected chi connectivity index (χ1v) is 8.66. The van der Waals surface area contributed by atoms with Crippen LogP contribution in [0.5, 0.6) is 5.75 Å². The number of rotatable bonds is 3. The molecular formula is C21H24N2O. The smallest absolute Gasteiger partial charge is 0.118 e. The van der Waals surface area contributed by atoms with Gasteiger partial charge in [0.2, 0.25) is 0 Å². The van der Waals surface area contributed by atoms with Gasteiger partial charge in [-0.25, -0.2) is 0 Å². The number of benzene rings is 2. The molecule has 3 aromatic rings. The van der Waals surface area contributed by atoms with E-state index in [-0.39, 0.29) is 11.5 Å². The Morgan fingerprint density at radius 1 is 1.12 bits per heavy atom. The number of hydrogen-bond donors (Lipinski definition) is 2. The number of nitrogens with two attached hydrogens (primary N) is 1. The van der Waals surface area contributed by atoms with E-state index in [0.29, 0.717) is 0 Å². The Labute approximate surface area is 142 Å². The fourth-order valence-corrected chi connectivity index (χ4v) is 4.16. The molecule has 124 valence electrons. The Balaban J connectivity index is 1.80. The summed E-state index contributed by atoms with van der Waals surface area (Å²) in [7, 11) is 1.70. The topological polar surface area (TPSA) is 51.0 Å². The van der Waals surface area contributed by atoms with Crippen molar-refractivity contribution in [2.45, 2.75) is 37.6 Å². The van der Waals surface area contributed by atoms with Crippen LogP contribution in [0.3, 0.4) is 0 Å². The highest BCUT2D eigenvalue weighted by Crippen LogP contribution is 2.45. The summed E-state index contributed by atoms with van der Waals surface area (Å²) in [6.07, 6.45) is 3.24. The van der Waals surface area contributed by atoms with E-state index in [4.69, 9.17) is 10.5 Å². The third kappa shape index (κ3) is 2.23. The van der Waals surface area contributed by atoms with E-state index in [2.05, 4.69) is 48.3 Å². The monoisotopic (exact) mass is 320 g/mol. The summed E-state index contributed by atoms with van der Waals surface area (Å²) in [5.41, 5.74) is 11.7. The van der Waals surface area contributed by atoms with Gasteiger partial charge in [-0.1, -0.05) is 37.3 Å². The number of aromatic nitrogens is 1. The van der Waals surface area contributed by atoms with Crippen molar-refractivity contribution in [1.82, 2.24) is 4.98 Å². The van der Waals surface area contributed by atoms with Crippen LogP contribution in [0.2, 0.25) is 0 Å². The lowest BCUT2D eigenvalue weighted by atomic mass is 9.71. The predicted octanol–water partition coefficient (Wildman–Crippen LogP) is 4.47. The Morgan fingerprint density at radius 2 is 1.88 bits per heavy atom. The number of H-pyrrole nitrogens is 1. The van der Waals surface area contributed by atoms with E-state index in [1.807, 2.05) is 12.1 Å². The fraction of sp³-hybridized carbons (Fsp3) is 0.333. The second-order valence-corrected chi connectivity index (χ2v) is 6.91. The minimum absolute atomic E-state index is 0.232. The number of nitrogens with one attached hydrogen (secondary N) is 1. The summed E-state index contributed by atoms with van der Waals surface area (Å²) in [5.74, 6) is 1.11. The number of aryl methyl sites for hydroxylation is 1. The summed E-state index contributed by atoms with van der Waals surface area (Å²) in [5, 5.41) is 1.32. The molecule has 3 heteroatoms. The molecule has 0 bridgehead atoms. The van der Waals surface area contributed by atoms with Gasteiger partial charge in [0, 0.05) is 22.5 Å². The highest BCUT2D eigenvalue weighted by atomic mass is 16.5. The van der Waals surface area contributed by atoms with Crippen molar-refractivity contribution in [3.05, 3.63) is 65.4 Å². The van der Waals surface area contributed by atoms with Crippen LogP contribution in [0.4, 0.5) is 0 Å². The lowest BCUT2D eigenvalue weighted by Gasteiger charge is -2.39. The zero-order valence-electron chi connectivity index (χ0n) is 14.3. The molecule has 2 aromatic carbocycles. The minimum atomic E-state index is -0.360. The molecule has 0 aliphatic heterocycles. The van der Waals surface area contributed by atoms with Crippen LogP contribution in [0.15, 0.2) is 48.5 Å². The van der Waals surface area contributed by atoms with Gasteiger partial charge in [0.1, 0.15) is 5.75 Å². The van der Waals surface area contributed by atoms with Crippen LogP contribution in [0.1, 0.15) is 42.5 Å². The lowest BCUT2D eigenvalue weighted by Crippen LogP contribution is -2.44. The molecule has 4 rings (SSSR count). The first-order valence-electron chi connectivity index (χ1n) is 8.66. The second kappa shape index (κ2) is 5.67. The van der Waals surface area contributed by atoms with Crippen LogP contribution in [0, 0.1) is 0 Å². The van der Waals surface area contributed by atoms with Crippen molar-refractivity contribution in [1.29, 1.82) is 0 Å². The highest BCUT2D eigenvalue weighted by Gasteiger charge is 2.40. The van der Waals surface area contributed by atoms with Crippen molar-refractivity contribution in [2.75, 3.05) is 7.11 Å². The highest BCUT2D eigenvalue weighted by molar-refractivity contribution is 5.85. The standard InChI is InChI=1S/C21H24N2O/c1-14(15-9-11-16(24-2)12-10-15)21(22)13-5-7-18-17-6-3-4-8-19(17)23-20(18)21/h3-4,6,8-12,14,23H,5,7,13,22H2,1-2H3/t14-,21?/m0/s1. The van der Waals surface area contributed by atoms with E-state index >= 15 is 0 Å². The van der Waals surface area contributed by atoms with Crippen molar-refractivity contribution >= 4 is 10.9 Å². The molecule has 24 heavy (non-hydrogen) atoms. The van der Waals surface area contributed by atoms with Gasteiger partial charge in [-0.15, -0.1) is 0 Å². The molecule has 1 aromatic heterocycles. The van der Waals surface area contributed by atoms with Gasteiger partial charge >= 0.3 is 0 Å². The van der Waals surface area contributed by atoms with Gasteiger partial charge in [-0.2, -0.15) is 0 Å². The lowest BCUT2D eigenvalue weighted by molar-refractivity contribution is 0.310. The fourth-order valence-electron chi connectivity index (χ4n) is 4.16. The molecule has 1 heterocycles. The zero-order chi connectivity index (χ0) is 16.7. The number of aromatic amines is 1. The van der Waals surface area contributed by atoms with E-state index in [1.54, 1.807) is 7.11 Å². The molecule has 1 aliphatic carbocycles. The first-order chi connectivity index (χ1) is 11.6. The van der Waals surface area contributed by atoms with Crippen molar-refractivity contribution in [3.63, 3.8) is 0 Å². The Hall–Kier alpha value is -2.26. The van der Waals surface area contributed by atoms with Gasteiger partial charge in [0.15, 0.2) is 0 Å². The zero-order valence-corrected chi connectivity index (χ0v) is 14.3. The molecule has 0 fully saturated rings. The molecule has 0 amide bonds. The molecule has 0 saturated heterocycles. The number of fused-ring (bicyclic) bond motifs is 3. The van der Waals surface area contributed by atoms with E-state index < -0.39 is 0 Å². The Kier molecular flexibility index (Phi) is 3.61. The van der Waals surface area contributed by atoms with Crippen molar-refractivity contribution < 1.29 is 4.74 Å². The number of methoxy groups -OCH3 is 1. The molecule has 1 unspecified atom stereocenters. The number of ether oxygens (including phenoxy) is 1. The molecule has 3 N–H and O–H groups in total. The van der Waals surface area contributed by atoms with Crippen molar-refractivity contribution in [2.24, 2.45) is 5.73 Å². The second-order valence-electron chi connectivity index (χ2n) is 6.91. The van der Waals surface area contributed by atoms with Crippen LogP contribution in [0.25, 0.3) is 10.9 Å². The van der Waals surface area contributed by atoms with E-state index in [9.17, 15) is 0 Å². The van der Waals surface area contributed by atoms with Gasteiger partial charge in [-0.05, 0) is 48.6 Å². The van der Waals surface area contributed by atoms with Crippen LogP contribution >= 0.6 is 0 Å². The predicted molar refractivity (Wildman–Crippen MR) is 98.5 cm³/mol. The molecule has 0 saturated carbocycles. The number of hydrogen-bond acceptors (Lipinski definition) is 2. The summed E-state index contributed by atoms with van der Waals surface area (Å²) >= 11 is 0. The summed E-state index contributed by atoms with van der Waals surface area (Å²) in [4.78, 5) is 3.63. The maximum Gasteiger partial charge on any atom is 0.118 e. The molecule has 1 aliphatic rings. The maximum atomic E-state index is 7.02. The van der Waals surface area contributed by atoms with Gasteiger partial charge in [0.05, 0.1) is 12.6 Å². The Bertz CT molecular complexity index is 865. The van der Waals surface area contributed by atoms with Gasteiger partial charge in [-0.3, -0.25) is 0 Å². The SMILES string of the molecule is COc1ccc([C@H](C)C2(N)CCCc3c2[nH]c2ccccc32)cc1. The van der Waals surface area contributed by atoms with Gasteiger partial charge < -0.3 is 15.5 Å². The third-order valence-electron chi connectivity index (χ3n) is 5.68. The molecular weight excluding hydrogens is 296 g/mol. The largest absolute Gasteiger partial charge is 0.497 e. The normalized spacial score (nSPS) is 21.5. The maximum absolute atomic E-state index is 7.02. The van der Waals surface area contributed by atoms with E-state index in [1.165, 1.54) is 27.7 Å². The average Bonchev–Trinajstić information content (AvgIpc) is 3.02. The average molecular weight is 320 g/mol. The summed E-state index contributed by atoms with van der Waals surface area (Å²) < 4.78 is 5.28. The molecule has 2 atom stereocenters. The molecule has 0 radical (unpaired) electrons.